The van der Waals surface area contributed by atoms with Crippen LogP contribution in [0.2, 0.25) is 0 Å². The molecule has 4 heteroatoms. The molecule has 0 saturated carbocycles. The number of fused-ring (bicyclic) bond motifs is 1. The Morgan fingerprint density at radius 2 is 2.08 bits per heavy atom. The molecule has 0 unspecified atom stereocenters. The van der Waals surface area contributed by atoms with Crippen molar-refractivity contribution in [2.45, 2.75) is 0 Å². The number of nitrogen functional groups attached to an aromatic ring is 1. The van der Waals surface area contributed by atoms with Crippen LogP contribution >= 0.6 is 15.9 Å². The molecule has 2 N–H and O–H groups in total. The number of nitrogens with two attached hydrogens (primary N) is 1. The summed E-state index contributed by atoms with van der Waals surface area (Å²) in [4.78, 5) is 11.0. The van der Waals surface area contributed by atoms with Gasteiger partial charge in [0.25, 0.3) is 0 Å². The third-order valence-corrected chi connectivity index (χ3v) is 2.21. The standard InChI is InChI=1S/C9H6BrNO2/c10-6-1-2-8-5(3-6)4-7(11)9(12)13-8/h1-4H,11H2. The van der Waals surface area contributed by atoms with E-state index < -0.39 is 5.63 Å². The number of anilines is 1. The van der Waals surface area contributed by atoms with Gasteiger partial charge in [-0.2, -0.15) is 0 Å². The maximum atomic E-state index is 11.0. The van der Waals surface area contributed by atoms with Crippen molar-refractivity contribution in [2.75, 3.05) is 5.73 Å². The zero-order valence-corrected chi connectivity index (χ0v) is 8.17. The molecule has 1 aromatic heterocycles. The van der Waals surface area contributed by atoms with E-state index in [1.54, 1.807) is 12.1 Å². The Labute approximate surface area is 82.3 Å². The molecule has 0 aliphatic carbocycles. The second-order valence-corrected chi connectivity index (χ2v) is 3.59. The van der Waals surface area contributed by atoms with Crippen molar-refractivity contribution in [1.82, 2.24) is 0 Å². The Morgan fingerprint density at radius 3 is 2.85 bits per heavy atom. The summed E-state index contributed by atoms with van der Waals surface area (Å²) < 4.78 is 5.87. The van der Waals surface area contributed by atoms with Gasteiger partial charge in [-0.25, -0.2) is 4.79 Å². The van der Waals surface area contributed by atoms with Crippen LogP contribution in [0.1, 0.15) is 0 Å². The van der Waals surface area contributed by atoms with Gasteiger partial charge >= 0.3 is 5.63 Å². The third-order valence-electron chi connectivity index (χ3n) is 1.72. The molecule has 0 atom stereocenters. The molecule has 0 saturated heterocycles. The largest absolute Gasteiger partial charge is 0.421 e. The molecule has 0 aliphatic heterocycles. The van der Waals surface area contributed by atoms with Crippen LogP contribution in [0.4, 0.5) is 5.69 Å². The topological polar surface area (TPSA) is 56.2 Å². The van der Waals surface area contributed by atoms with Crippen LogP contribution in [0.3, 0.4) is 0 Å². The Hall–Kier alpha value is -1.29. The first-order valence-corrected chi connectivity index (χ1v) is 4.45. The summed E-state index contributed by atoms with van der Waals surface area (Å²) in [5.74, 6) is 0. The number of halogens is 1. The molecule has 0 amide bonds. The van der Waals surface area contributed by atoms with Crippen molar-refractivity contribution in [3.8, 4) is 0 Å². The van der Waals surface area contributed by atoms with E-state index in [-0.39, 0.29) is 5.69 Å². The lowest BCUT2D eigenvalue weighted by molar-refractivity contribution is 0.564. The van der Waals surface area contributed by atoms with Crippen LogP contribution in [0, 0.1) is 0 Å². The molecule has 0 bridgehead atoms. The molecule has 2 rings (SSSR count). The van der Waals surface area contributed by atoms with Crippen LogP contribution < -0.4 is 11.4 Å². The third kappa shape index (κ3) is 1.45. The second-order valence-electron chi connectivity index (χ2n) is 2.67. The van der Waals surface area contributed by atoms with Gasteiger partial charge in [0.1, 0.15) is 11.3 Å². The predicted octanol–water partition coefficient (Wildman–Crippen LogP) is 2.14. The predicted molar refractivity (Wildman–Crippen MR) is 54.6 cm³/mol. The summed E-state index contributed by atoms with van der Waals surface area (Å²) in [6, 6.07) is 6.97. The molecule has 3 nitrogen and oxygen atoms in total. The van der Waals surface area contributed by atoms with Crippen LogP contribution in [0.15, 0.2) is 37.9 Å². The van der Waals surface area contributed by atoms with Crippen LogP contribution in [0.25, 0.3) is 11.0 Å². The van der Waals surface area contributed by atoms with Gasteiger partial charge in [0.15, 0.2) is 0 Å². The minimum Gasteiger partial charge on any atom is -0.421 e. The molecule has 0 aliphatic rings. The lowest BCUT2D eigenvalue weighted by atomic mass is 10.2. The van der Waals surface area contributed by atoms with Crippen molar-refractivity contribution in [3.05, 3.63) is 39.2 Å². The number of rotatable bonds is 0. The zero-order chi connectivity index (χ0) is 9.42. The van der Waals surface area contributed by atoms with E-state index in [4.69, 9.17) is 10.2 Å². The van der Waals surface area contributed by atoms with Crippen molar-refractivity contribution >= 4 is 32.6 Å². The lowest BCUT2D eigenvalue weighted by Crippen LogP contribution is -2.05. The molecule has 13 heavy (non-hydrogen) atoms. The molecule has 1 aromatic carbocycles. The smallest absolute Gasteiger partial charge is 0.359 e. The monoisotopic (exact) mass is 239 g/mol. The number of benzene rings is 1. The van der Waals surface area contributed by atoms with Crippen molar-refractivity contribution in [3.63, 3.8) is 0 Å². The van der Waals surface area contributed by atoms with Gasteiger partial charge in [-0.3, -0.25) is 0 Å². The number of hydrogen-bond donors (Lipinski definition) is 1. The average Bonchev–Trinajstić information content (AvgIpc) is 2.08. The summed E-state index contributed by atoms with van der Waals surface area (Å²) in [6.45, 7) is 0. The number of hydrogen-bond acceptors (Lipinski definition) is 3. The highest BCUT2D eigenvalue weighted by molar-refractivity contribution is 9.10. The maximum absolute atomic E-state index is 11.0. The van der Waals surface area contributed by atoms with Crippen LogP contribution in [-0.4, -0.2) is 0 Å². The average molecular weight is 240 g/mol. The molecule has 66 valence electrons. The minimum absolute atomic E-state index is 0.130. The fraction of sp³-hybridized carbons (Fsp3) is 0. The van der Waals surface area contributed by atoms with Gasteiger partial charge in [-0.05, 0) is 24.3 Å². The molecular formula is C9H6BrNO2. The first-order chi connectivity index (χ1) is 6.16. The lowest BCUT2D eigenvalue weighted by Gasteiger charge is -1.97. The van der Waals surface area contributed by atoms with Gasteiger partial charge in [-0.15, -0.1) is 0 Å². The molecular weight excluding hydrogens is 234 g/mol. The normalized spacial score (nSPS) is 10.5. The summed E-state index contributed by atoms with van der Waals surface area (Å²) in [5.41, 5.74) is 5.60. The Morgan fingerprint density at radius 1 is 1.31 bits per heavy atom. The van der Waals surface area contributed by atoms with Crippen LogP contribution in [0.5, 0.6) is 0 Å². The second kappa shape index (κ2) is 2.88. The summed E-state index contributed by atoms with van der Waals surface area (Å²) in [5, 5.41) is 0.812. The summed E-state index contributed by atoms with van der Waals surface area (Å²) in [6.07, 6.45) is 0. The van der Waals surface area contributed by atoms with E-state index in [2.05, 4.69) is 15.9 Å². The van der Waals surface area contributed by atoms with Crippen LogP contribution in [-0.2, 0) is 0 Å². The van der Waals surface area contributed by atoms with E-state index in [0.29, 0.717) is 5.58 Å². The molecule has 1 heterocycles. The van der Waals surface area contributed by atoms with Gasteiger partial charge in [-0.1, -0.05) is 15.9 Å². The van der Waals surface area contributed by atoms with E-state index in [0.717, 1.165) is 9.86 Å². The Balaban J connectivity index is 2.89. The Kier molecular flexibility index (Phi) is 1.84. The highest BCUT2D eigenvalue weighted by atomic mass is 79.9. The van der Waals surface area contributed by atoms with Crippen molar-refractivity contribution < 1.29 is 4.42 Å². The van der Waals surface area contributed by atoms with Crippen molar-refractivity contribution in [2.24, 2.45) is 0 Å². The van der Waals surface area contributed by atoms with E-state index in [1.807, 2.05) is 12.1 Å². The van der Waals surface area contributed by atoms with Crippen molar-refractivity contribution in [1.29, 1.82) is 0 Å². The highest BCUT2D eigenvalue weighted by Crippen LogP contribution is 2.19. The fourth-order valence-electron chi connectivity index (χ4n) is 1.11. The molecule has 0 fully saturated rings. The Bertz CT molecular complexity index is 518. The quantitative estimate of drug-likeness (QED) is 0.717. The van der Waals surface area contributed by atoms with Gasteiger partial charge < -0.3 is 10.2 Å². The van der Waals surface area contributed by atoms with E-state index in [1.165, 1.54) is 0 Å². The first kappa shape index (κ1) is 8.31. The minimum atomic E-state index is -0.491. The first-order valence-electron chi connectivity index (χ1n) is 3.66. The summed E-state index contributed by atoms with van der Waals surface area (Å²) >= 11 is 3.31. The van der Waals surface area contributed by atoms with E-state index >= 15 is 0 Å². The van der Waals surface area contributed by atoms with Gasteiger partial charge in [0.2, 0.25) is 0 Å². The van der Waals surface area contributed by atoms with Gasteiger partial charge in [0, 0.05) is 9.86 Å². The zero-order valence-electron chi connectivity index (χ0n) is 6.58. The SMILES string of the molecule is Nc1cc2cc(Br)ccc2oc1=O. The fourth-order valence-corrected chi connectivity index (χ4v) is 1.49. The van der Waals surface area contributed by atoms with E-state index in [9.17, 15) is 4.79 Å². The highest BCUT2D eigenvalue weighted by Gasteiger charge is 2.01. The summed E-state index contributed by atoms with van der Waals surface area (Å²) in [7, 11) is 0. The van der Waals surface area contributed by atoms with Gasteiger partial charge in [0.05, 0.1) is 0 Å². The molecule has 2 aromatic rings. The maximum Gasteiger partial charge on any atom is 0.359 e. The molecule has 0 radical (unpaired) electrons. The molecule has 0 spiro atoms.